The Hall–Kier alpha value is -3.41. The number of nitriles is 1. The molecule has 0 radical (unpaired) electrons. The first-order valence-corrected chi connectivity index (χ1v) is 8.33. The molecule has 9 heteroatoms. The lowest BCUT2D eigenvalue weighted by molar-refractivity contribution is 0.105. The summed E-state index contributed by atoms with van der Waals surface area (Å²) >= 11 is 0. The van der Waals surface area contributed by atoms with Crippen molar-refractivity contribution < 1.29 is 9.53 Å². The van der Waals surface area contributed by atoms with Crippen molar-refractivity contribution >= 4 is 23.5 Å². The second-order valence-electron chi connectivity index (χ2n) is 5.60. The molecule has 0 spiro atoms. The van der Waals surface area contributed by atoms with Crippen LogP contribution in [-0.4, -0.2) is 59.0 Å². The second kappa shape index (κ2) is 8.11. The summed E-state index contributed by atoms with van der Waals surface area (Å²) in [7, 11) is 0. The molecule has 9 nitrogen and oxygen atoms in total. The van der Waals surface area contributed by atoms with Gasteiger partial charge in [-0.15, -0.1) is 5.10 Å². The lowest BCUT2D eigenvalue weighted by atomic mass is 10.2. The van der Waals surface area contributed by atoms with E-state index in [9.17, 15) is 10.1 Å². The van der Waals surface area contributed by atoms with Crippen molar-refractivity contribution in [3.63, 3.8) is 0 Å². The van der Waals surface area contributed by atoms with Crippen LogP contribution in [0.3, 0.4) is 0 Å². The van der Waals surface area contributed by atoms with Gasteiger partial charge in [0.2, 0.25) is 5.95 Å². The molecule has 0 saturated carbocycles. The van der Waals surface area contributed by atoms with Gasteiger partial charge in [-0.25, -0.2) is 4.79 Å². The number of ether oxygens (including phenoxy) is 1. The molecule has 0 unspecified atom stereocenters. The Morgan fingerprint density at radius 3 is 2.81 bits per heavy atom. The summed E-state index contributed by atoms with van der Waals surface area (Å²) in [5.74, 6) is 0.985. The van der Waals surface area contributed by atoms with E-state index in [2.05, 4.69) is 26.6 Å². The Morgan fingerprint density at radius 2 is 2.08 bits per heavy atom. The van der Waals surface area contributed by atoms with Crippen LogP contribution < -0.4 is 10.2 Å². The Morgan fingerprint density at radius 1 is 1.31 bits per heavy atom. The zero-order valence-electron chi connectivity index (χ0n) is 14.4. The van der Waals surface area contributed by atoms with E-state index in [0.29, 0.717) is 55.8 Å². The molecule has 0 atom stereocenters. The van der Waals surface area contributed by atoms with Crippen LogP contribution in [0, 0.1) is 11.3 Å². The zero-order chi connectivity index (χ0) is 18.4. The molecular formula is C17H19N7O2. The summed E-state index contributed by atoms with van der Waals surface area (Å²) in [5.41, 5.74) is 1.18. The third-order valence-corrected chi connectivity index (χ3v) is 3.95. The van der Waals surface area contributed by atoms with Crippen LogP contribution in [0.2, 0.25) is 0 Å². The number of hydrogen-bond donors (Lipinski definition) is 1. The number of benzene rings is 1. The first kappa shape index (κ1) is 17.4. The number of nitrogens with zero attached hydrogens (tertiary/aromatic N) is 6. The fraction of sp³-hybridized carbons (Fsp3) is 0.353. The molecule has 134 valence electrons. The Balaban J connectivity index is 1.67. The summed E-state index contributed by atoms with van der Waals surface area (Å²) in [5, 5.41) is 20.3. The minimum Gasteiger partial charge on any atom is -0.450 e. The smallest absolute Gasteiger partial charge is 0.409 e. The molecule has 0 aliphatic carbocycles. The van der Waals surface area contributed by atoms with Gasteiger partial charge < -0.3 is 19.9 Å². The molecule has 1 aliphatic heterocycles. The number of carbonyl (C=O) groups excluding carboxylic acids is 1. The van der Waals surface area contributed by atoms with Gasteiger partial charge in [-0.05, 0) is 19.1 Å². The Bertz CT molecular complexity index is 813. The number of carbonyl (C=O) groups is 1. The quantitative estimate of drug-likeness (QED) is 0.886. The number of nitrogens with one attached hydrogen (secondary N) is 1. The molecule has 1 saturated heterocycles. The van der Waals surface area contributed by atoms with Crippen LogP contribution in [-0.2, 0) is 4.74 Å². The number of aromatic nitrogens is 3. The topological polar surface area (TPSA) is 107 Å². The van der Waals surface area contributed by atoms with Crippen LogP contribution in [0.4, 0.5) is 22.2 Å². The van der Waals surface area contributed by atoms with Crippen LogP contribution >= 0.6 is 0 Å². The van der Waals surface area contributed by atoms with E-state index in [4.69, 9.17) is 4.74 Å². The van der Waals surface area contributed by atoms with Gasteiger partial charge in [0, 0.05) is 26.2 Å². The normalized spacial score (nSPS) is 13.8. The van der Waals surface area contributed by atoms with Crippen molar-refractivity contribution in [3.8, 4) is 6.07 Å². The number of hydrogen-bond acceptors (Lipinski definition) is 8. The van der Waals surface area contributed by atoms with E-state index >= 15 is 0 Å². The Labute approximate surface area is 151 Å². The lowest BCUT2D eigenvalue weighted by Gasteiger charge is -2.33. The molecule has 2 heterocycles. The molecular weight excluding hydrogens is 334 g/mol. The highest BCUT2D eigenvalue weighted by atomic mass is 16.6. The first-order chi connectivity index (χ1) is 12.7. The van der Waals surface area contributed by atoms with Gasteiger partial charge >= 0.3 is 6.09 Å². The van der Waals surface area contributed by atoms with E-state index in [1.165, 1.54) is 6.20 Å². The summed E-state index contributed by atoms with van der Waals surface area (Å²) in [6.45, 7) is 4.42. The van der Waals surface area contributed by atoms with E-state index in [1.54, 1.807) is 30.0 Å². The van der Waals surface area contributed by atoms with Crippen LogP contribution in [0.5, 0.6) is 0 Å². The minimum atomic E-state index is -0.297. The molecule has 1 fully saturated rings. The zero-order valence-corrected chi connectivity index (χ0v) is 14.4. The van der Waals surface area contributed by atoms with Crippen molar-refractivity contribution in [3.05, 3.63) is 36.0 Å². The maximum Gasteiger partial charge on any atom is 0.409 e. The second-order valence-corrected chi connectivity index (χ2v) is 5.60. The van der Waals surface area contributed by atoms with Crippen molar-refractivity contribution in [2.75, 3.05) is 43.0 Å². The molecule has 0 bridgehead atoms. The van der Waals surface area contributed by atoms with Gasteiger partial charge in [0.25, 0.3) is 0 Å². The molecule has 26 heavy (non-hydrogen) atoms. The fourth-order valence-corrected chi connectivity index (χ4v) is 2.62. The van der Waals surface area contributed by atoms with E-state index in [-0.39, 0.29) is 6.09 Å². The van der Waals surface area contributed by atoms with Gasteiger partial charge in [0.1, 0.15) is 6.07 Å². The van der Waals surface area contributed by atoms with Crippen LogP contribution in [0.15, 0.2) is 30.5 Å². The molecule has 2 aromatic rings. The van der Waals surface area contributed by atoms with Crippen molar-refractivity contribution in [1.29, 1.82) is 5.26 Å². The van der Waals surface area contributed by atoms with E-state index in [0.717, 1.165) is 0 Å². The average Bonchev–Trinajstić information content (AvgIpc) is 2.69. The van der Waals surface area contributed by atoms with Crippen molar-refractivity contribution in [2.24, 2.45) is 0 Å². The third-order valence-electron chi connectivity index (χ3n) is 3.95. The predicted octanol–water partition coefficient (Wildman–Crippen LogP) is 1.77. The summed E-state index contributed by atoms with van der Waals surface area (Å²) in [6.07, 6.45) is 1.21. The average molecular weight is 353 g/mol. The summed E-state index contributed by atoms with van der Waals surface area (Å²) in [4.78, 5) is 19.9. The summed E-state index contributed by atoms with van der Waals surface area (Å²) in [6, 6.07) is 9.31. The molecule has 1 aliphatic rings. The maximum absolute atomic E-state index is 11.8. The van der Waals surface area contributed by atoms with Crippen LogP contribution in [0.1, 0.15) is 12.5 Å². The van der Waals surface area contributed by atoms with Crippen LogP contribution in [0.25, 0.3) is 0 Å². The summed E-state index contributed by atoms with van der Waals surface area (Å²) < 4.78 is 5.02. The monoisotopic (exact) mass is 353 g/mol. The highest BCUT2D eigenvalue weighted by Crippen LogP contribution is 2.20. The molecule has 3 rings (SSSR count). The van der Waals surface area contributed by atoms with E-state index in [1.807, 2.05) is 11.0 Å². The number of anilines is 3. The van der Waals surface area contributed by atoms with E-state index < -0.39 is 0 Å². The van der Waals surface area contributed by atoms with Gasteiger partial charge in [-0.1, -0.05) is 12.1 Å². The number of rotatable bonds is 4. The predicted molar refractivity (Wildman–Crippen MR) is 95.1 cm³/mol. The highest BCUT2D eigenvalue weighted by molar-refractivity contribution is 5.68. The minimum absolute atomic E-state index is 0.297. The van der Waals surface area contributed by atoms with Gasteiger partial charge in [-0.2, -0.15) is 15.3 Å². The fourth-order valence-electron chi connectivity index (χ4n) is 2.62. The lowest BCUT2D eigenvalue weighted by Crippen LogP contribution is -2.49. The molecule has 1 amide bonds. The van der Waals surface area contributed by atoms with Crippen molar-refractivity contribution in [1.82, 2.24) is 20.1 Å². The van der Waals surface area contributed by atoms with Gasteiger partial charge in [-0.3, -0.25) is 0 Å². The Kier molecular flexibility index (Phi) is 5.43. The molecule has 1 aromatic carbocycles. The highest BCUT2D eigenvalue weighted by Gasteiger charge is 2.23. The largest absolute Gasteiger partial charge is 0.450 e. The van der Waals surface area contributed by atoms with Gasteiger partial charge in [0.15, 0.2) is 5.82 Å². The number of piperazine rings is 1. The number of para-hydroxylation sites is 1. The standard InChI is InChI=1S/C17H19N7O2/c1-2-26-17(25)24-9-7-23(8-10-24)16-21-15(12-19-22-16)20-14-6-4-3-5-13(14)11-18/h3-6,12H,2,7-10H2,1H3,(H,20,21,22). The third kappa shape index (κ3) is 3.97. The SMILES string of the molecule is CCOC(=O)N1CCN(c2nncc(Nc3ccccc3C#N)n2)CC1. The molecule has 1 aromatic heterocycles. The van der Waals surface area contributed by atoms with Gasteiger partial charge in [0.05, 0.1) is 24.1 Å². The van der Waals surface area contributed by atoms with Crippen molar-refractivity contribution in [2.45, 2.75) is 6.92 Å². The molecule has 1 N–H and O–H groups in total. The first-order valence-electron chi connectivity index (χ1n) is 8.33. The maximum atomic E-state index is 11.8. The number of amides is 1.